The number of nitrogens with one attached hydrogen (secondary N) is 1. The van der Waals surface area contributed by atoms with Gasteiger partial charge in [-0.15, -0.1) is 0 Å². The summed E-state index contributed by atoms with van der Waals surface area (Å²) in [7, 11) is -1.63. The van der Waals surface area contributed by atoms with Crippen LogP contribution in [0.4, 0.5) is 0 Å². The average molecular weight is 315 g/mol. The quantitative estimate of drug-likeness (QED) is 0.868. The second kappa shape index (κ2) is 6.26. The van der Waals surface area contributed by atoms with Crippen molar-refractivity contribution in [2.24, 2.45) is 0 Å². The molecule has 4 nitrogen and oxygen atoms in total. The molecule has 0 atom stereocenters. The summed E-state index contributed by atoms with van der Waals surface area (Å²) in [6.07, 6.45) is 2.74. The summed E-state index contributed by atoms with van der Waals surface area (Å²) in [4.78, 5) is 0.260. The van der Waals surface area contributed by atoms with Crippen molar-refractivity contribution >= 4 is 21.6 Å². The molecule has 1 aromatic rings. The summed E-state index contributed by atoms with van der Waals surface area (Å²) in [6, 6.07) is 4.92. The van der Waals surface area contributed by atoms with Gasteiger partial charge in [0, 0.05) is 24.7 Å². The van der Waals surface area contributed by atoms with E-state index in [4.69, 9.17) is 11.6 Å². The third-order valence-corrected chi connectivity index (χ3v) is 5.64. The number of benzene rings is 1. The summed E-state index contributed by atoms with van der Waals surface area (Å²) < 4.78 is 26.6. The van der Waals surface area contributed by atoms with Gasteiger partial charge in [-0.25, -0.2) is 8.42 Å². The van der Waals surface area contributed by atoms with Crippen molar-refractivity contribution in [2.45, 2.75) is 24.8 Å². The summed E-state index contributed by atoms with van der Waals surface area (Å²) in [6.45, 7) is 3.60. The normalized spacial score (nSPS) is 17.1. The van der Waals surface area contributed by atoms with Gasteiger partial charge in [0.25, 0.3) is 0 Å². The van der Waals surface area contributed by atoms with Gasteiger partial charge in [0.1, 0.15) is 0 Å². The molecule has 0 radical (unpaired) electrons. The van der Waals surface area contributed by atoms with Crippen molar-refractivity contribution in [1.82, 2.24) is 9.62 Å². The molecule has 2 rings (SSSR count). The molecule has 0 unspecified atom stereocenters. The second-order valence-corrected chi connectivity index (χ2v) is 7.29. The van der Waals surface area contributed by atoms with Crippen LogP contribution in [-0.2, 0) is 16.6 Å². The molecule has 20 heavy (non-hydrogen) atoms. The van der Waals surface area contributed by atoms with Crippen LogP contribution in [0.2, 0.25) is 5.02 Å². The largest absolute Gasteiger partial charge is 0.316 e. The predicted molar refractivity (Wildman–Crippen MR) is 81.3 cm³/mol. The van der Waals surface area contributed by atoms with Crippen molar-refractivity contribution in [3.05, 3.63) is 40.4 Å². The first-order valence-corrected chi connectivity index (χ1v) is 8.36. The van der Waals surface area contributed by atoms with Crippen molar-refractivity contribution in [3.63, 3.8) is 0 Å². The van der Waals surface area contributed by atoms with Gasteiger partial charge in [-0.05, 0) is 38.1 Å². The maximum atomic E-state index is 12.5. The van der Waals surface area contributed by atoms with E-state index in [9.17, 15) is 8.42 Å². The Kier molecular flexibility index (Phi) is 4.86. The van der Waals surface area contributed by atoms with Gasteiger partial charge in [0.2, 0.25) is 10.0 Å². The van der Waals surface area contributed by atoms with Gasteiger partial charge in [0.05, 0.1) is 4.90 Å². The Morgan fingerprint density at radius 3 is 2.70 bits per heavy atom. The van der Waals surface area contributed by atoms with Crippen LogP contribution in [0.1, 0.15) is 18.9 Å². The smallest absolute Gasteiger partial charge is 0.243 e. The summed E-state index contributed by atoms with van der Waals surface area (Å²) in [5.41, 5.74) is 2.13. The lowest BCUT2D eigenvalue weighted by molar-refractivity contribution is 0.431. The summed E-state index contributed by atoms with van der Waals surface area (Å²) in [5.74, 6) is 0. The molecule has 1 aliphatic rings. The van der Waals surface area contributed by atoms with E-state index in [2.05, 4.69) is 5.32 Å². The molecule has 110 valence electrons. The van der Waals surface area contributed by atoms with Crippen LogP contribution < -0.4 is 5.32 Å². The molecule has 0 fully saturated rings. The van der Waals surface area contributed by atoms with E-state index in [1.165, 1.54) is 15.9 Å². The zero-order chi connectivity index (χ0) is 14.8. The van der Waals surface area contributed by atoms with Gasteiger partial charge in [-0.3, -0.25) is 0 Å². The fourth-order valence-electron chi connectivity index (χ4n) is 2.14. The molecular weight excluding hydrogens is 296 g/mol. The fourth-order valence-corrected chi connectivity index (χ4v) is 3.86. The highest BCUT2D eigenvalue weighted by molar-refractivity contribution is 7.89. The van der Waals surface area contributed by atoms with Gasteiger partial charge >= 0.3 is 0 Å². The van der Waals surface area contributed by atoms with Crippen molar-refractivity contribution in [1.29, 1.82) is 0 Å². The third kappa shape index (κ3) is 3.23. The highest BCUT2D eigenvalue weighted by Gasteiger charge is 2.25. The Labute approximate surface area is 125 Å². The topological polar surface area (TPSA) is 49.4 Å². The van der Waals surface area contributed by atoms with Crippen LogP contribution in [0.15, 0.2) is 34.7 Å². The van der Waals surface area contributed by atoms with Crippen LogP contribution in [0, 0.1) is 0 Å². The van der Waals surface area contributed by atoms with E-state index in [-0.39, 0.29) is 4.90 Å². The first kappa shape index (κ1) is 15.5. The van der Waals surface area contributed by atoms with E-state index in [0.717, 1.165) is 12.0 Å². The van der Waals surface area contributed by atoms with Crippen LogP contribution >= 0.6 is 11.6 Å². The molecule has 0 spiro atoms. The zero-order valence-corrected chi connectivity index (χ0v) is 13.3. The second-order valence-electron chi connectivity index (χ2n) is 4.95. The lowest BCUT2D eigenvalue weighted by Gasteiger charge is -2.25. The van der Waals surface area contributed by atoms with Crippen LogP contribution in [0.5, 0.6) is 0 Å². The summed E-state index contributed by atoms with van der Waals surface area (Å²) >= 11 is 6.14. The number of sulfonamides is 1. The highest BCUT2D eigenvalue weighted by atomic mass is 35.5. The Bertz CT molecular complexity index is 626. The van der Waals surface area contributed by atoms with E-state index < -0.39 is 10.0 Å². The minimum absolute atomic E-state index is 0.260. The maximum Gasteiger partial charge on any atom is 0.243 e. The lowest BCUT2D eigenvalue weighted by Crippen LogP contribution is -2.34. The number of nitrogens with zero attached hydrogens (tertiary/aromatic N) is 1. The van der Waals surface area contributed by atoms with Gasteiger partial charge in [-0.1, -0.05) is 29.3 Å². The van der Waals surface area contributed by atoms with Crippen molar-refractivity contribution in [2.75, 3.05) is 20.1 Å². The molecule has 0 saturated carbocycles. The molecule has 0 aromatic heterocycles. The maximum absolute atomic E-state index is 12.5. The Morgan fingerprint density at radius 1 is 1.40 bits per heavy atom. The molecule has 6 heteroatoms. The molecule has 0 aliphatic carbocycles. The molecule has 0 bridgehead atoms. The van der Waals surface area contributed by atoms with Crippen molar-refractivity contribution < 1.29 is 8.42 Å². The SMILES string of the molecule is CNCc1ccc(S(=O)(=O)N2CC=C(C)CC2)cc1Cl. The van der Waals surface area contributed by atoms with Gasteiger partial charge in [-0.2, -0.15) is 4.31 Å². The first-order valence-electron chi connectivity index (χ1n) is 6.54. The molecule has 1 aromatic carbocycles. The van der Waals surface area contributed by atoms with Crippen LogP contribution in [0.3, 0.4) is 0 Å². The molecular formula is C14H19ClN2O2S. The number of hydrogen-bond acceptors (Lipinski definition) is 3. The monoisotopic (exact) mass is 314 g/mol. The Balaban J connectivity index is 2.28. The molecule has 1 N–H and O–H groups in total. The molecule has 1 heterocycles. The molecule has 0 amide bonds. The van der Waals surface area contributed by atoms with Gasteiger partial charge in [0.15, 0.2) is 0 Å². The fraction of sp³-hybridized carbons (Fsp3) is 0.429. The molecule has 0 saturated heterocycles. The molecule has 1 aliphatic heterocycles. The average Bonchev–Trinajstić information content (AvgIpc) is 2.41. The van der Waals surface area contributed by atoms with Crippen LogP contribution in [0.25, 0.3) is 0 Å². The zero-order valence-electron chi connectivity index (χ0n) is 11.7. The highest BCUT2D eigenvalue weighted by Crippen LogP contribution is 2.25. The Hall–Kier alpha value is -0.880. The first-order chi connectivity index (χ1) is 9.45. The van der Waals surface area contributed by atoms with E-state index in [1.54, 1.807) is 12.1 Å². The number of halogens is 1. The van der Waals surface area contributed by atoms with E-state index in [1.807, 2.05) is 20.0 Å². The minimum Gasteiger partial charge on any atom is -0.316 e. The summed E-state index contributed by atoms with van der Waals surface area (Å²) in [5, 5.41) is 3.48. The minimum atomic E-state index is -3.46. The van der Waals surface area contributed by atoms with Crippen molar-refractivity contribution in [3.8, 4) is 0 Å². The lowest BCUT2D eigenvalue weighted by atomic mass is 10.1. The number of hydrogen-bond donors (Lipinski definition) is 1. The van der Waals surface area contributed by atoms with Gasteiger partial charge < -0.3 is 5.32 Å². The van der Waals surface area contributed by atoms with Crippen LogP contribution in [-0.4, -0.2) is 32.9 Å². The van der Waals surface area contributed by atoms with E-state index >= 15 is 0 Å². The predicted octanol–water partition coefficient (Wildman–Crippen LogP) is 2.40. The number of rotatable bonds is 4. The third-order valence-electron chi connectivity index (χ3n) is 3.43. The van der Waals surface area contributed by atoms with E-state index in [0.29, 0.717) is 24.7 Å². The standard InChI is InChI=1S/C14H19ClN2O2S/c1-11-5-7-17(8-6-11)20(18,19)13-4-3-12(10-16-2)14(15)9-13/h3-5,9,16H,6-8,10H2,1-2H3. The Morgan fingerprint density at radius 2 is 2.15 bits per heavy atom.